The third-order valence-corrected chi connectivity index (χ3v) is 7.24. The molecule has 210 valence electrons. The minimum absolute atomic E-state index is 0.0460. The number of aromatic carboxylic acids is 1. The maximum absolute atomic E-state index is 13.1. The first-order chi connectivity index (χ1) is 20.3. The highest BCUT2D eigenvalue weighted by molar-refractivity contribution is 6.10. The van der Waals surface area contributed by atoms with E-state index >= 15 is 0 Å². The maximum atomic E-state index is 13.1. The lowest BCUT2D eigenvalue weighted by Crippen LogP contribution is -2.08. The lowest BCUT2D eigenvalue weighted by Gasteiger charge is -2.12. The van der Waals surface area contributed by atoms with E-state index in [9.17, 15) is 9.90 Å². The minimum Gasteiger partial charge on any atom is -0.491 e. The zero-order valence-electron chi connectivity index (χ0n) is 24.2. The van der Waals surface area contributed by atoms with E-state index in [2.05, 4.69) is 24.3 Å². The molecule has 0 spiro atoms. The summed E-state index contributed by atoms with van der Waals surface area (Å²) in [6.45, 7) is 7.98. The number of rotatable bonds is 8. The molecular weight excluding hydrogens is 522 g/mol. The van der Waals surface area contributed by atoms with Gasteiger partial charge in [0.05, 0.1) is 17.7 Å². The van der Waals surface area contributed by atoms with E-state index in [1.54, 1.807) is 0 Å². The summed E-state index contributed by atoms with van der Waals surface area (Å²) in [5.74, 6) is 0.569. The van der Waals surface area contributed by atoms with Gasteiger partial charge in [0.2, 0.25) is 0 Å². The summed E-state index contributed by atoms with van der Waals surface area (Å²) in [4.78, 5) is 13.1. The molecule has 5 aromatic carbocycles. The topological polar surface area (TPSA) is 60.7 Å². The molecular formula is C37H33NO4. The fourth-order valence-electron chi connectivity index (χ4n) is 5.52. The van der Waals surface area contributed by atoms with Crippen LogP contribution in [0.3, 0.4) is 0 Å². The van der Waals surface area contributed by atoms with Gasteiger partial charge in [0, 0.05) is 16.6 Å². The van der Waals surface area contributed by atoms with Crippen molar-refractivity contribution >= 4 is 27.6 Å². The van der Waals surface area contributed by atoms with Crippen LogP contribution in [0.2, 0.25) is 0 Å². The lowest BCUT2D eigenvalue weighted by atomic mass is 9.99. The van der Waals surface area contributed by atoms with Crippen LogP contribution >= 0.6 is 0 Å². The Hall–Kier alpha value is -5.03. The number of hydrogen-bond acceptors (Lipinski definition) is 3. The van der Waals surface area contributed by atoms with Gasteiger partial charge >= 0.3 is 5.97 Å². The summed E-state index contributed by atoms with van der Waals surface area (Å²) in [5.41, 5.74) is 5.33. The second-order valence-electron chi connectivity index (χ2n) is 11.0. The predicted octanol–water partition coefficient (Wildman–Crippen LogP) is 9.39. The summed E-state index contributed by atoms with van der Waals surface area (Å²) in [7, 11) is 0. The van der Waals surface area contributed by atoms with E-state index in [-0.39, 0.29) is 17.9 Å². The highest BCUT2D eigenvalue weighted by atomic mass is 16.5. The Morgan fingerprint density at radius 1 is 0.643 bits per heavy atom. The Morgan fingerprint density at radius 3 is 1.81 bits per heavy atom. The van der Waals surface area contributed by atoms with Gasteiger partial charge in [0.15, 0.2) is 0 Å². The van der Waals surface area contributed by atoms with Crippen molar-refractivity contribution in [3.8, 4) is 39.4 Å². The van der Waals surface area contributed by atoms with Gasteiger partial charge in [-0.3, -0.25) is 0 Å². The van der Waals surface area contributed by atoms with Crippen LogP contribution in [0.1, 0.15) is 38.2 Å². The molecule has 0 aliphatic heterocycles. The van der Waals surface area contributed by atoms with Crippen molar-refractivity contribution < 1.29 is 19.4 Å². The van der Waals surface area contributed by atoms with E-state index < -0.39 is 5.97 Å². The number of fused-ring (bicyclic) bond motifs is 2. The lowest BCUT2D eigenvalue weighted by molar-refractivity contribution is 0.0689. The Labute approximate surface area is 245 Å². The Bertz CT molecular complexity index is 1900. The molecule has 1 N–H and O–H groups in total. The van der Waals surface area contributed by atoms with E-state index in [4.69, 9.17) is 9.47 Å². The zero-order chi connectivity index (χ0) is 29.4. The number of aromatic nitrogens is 1. The van der Waals surface area contributed by atoms with Gasteiger partial charge in [-0.1, -0.05) is 66.7 Å². The molecule has 0 saturated carbocycles. The van der Waals surface area contributed by atoms with Gasteiger partial charge in [0.1, 0.15) is 17.2 Å². The van der Waals surface area contributed by atoms with Crippen LogP contribution in [0.4, 0.5) is 0 Å². The van der Waals surface area contributed by atoms with Gasteiger partial charge in [-0.25, -0.2) is 4.79 Å². The van der Waals surface area contributed by atoms with E-state index in [1.165, 1.54) is 0 Å². The fraction of sp³-hybridized carbons (Fsp3) is 0.162. The molecule has 1 aromatic heterocycles. The molecule has 0 saturated heterocycles. The zero-order valence-corrected chi connectivity index (χ0v) is 24.2. The molecule has 5 nitrogen and oxygen atoms in total. The molecule has 1 heterocycles. The van der Waals surface area contributed by atoms with Crippen molar-refractivity contribution in [2.24, 2.45) is 0 Å². The molecule has 5 heteroatoms. The Morgan fingerprint density at radius 2 is 1.21 bits per heavy atom. The fourth-order valence-corrected chi connectivity index (χ4v) is 5.52. The normalized spacial score (nSPS) is 11.5. The number of carbonyl (C=O) groups is 1. The minimum atomic E-state index is -0.992. The third-order valence-electron chi connectivity index (χ3n) is 7.24. The second kappa shape index (κ2) is 11.1. The SMILES string of the molecule is CC(C)Oc1ccc(-c2ccc3c(-c4ccc(OC(C)C)cc4)c(C(=O)O)n(-c4ccc5ccccc5c4)c3c2)cc1. The van der Waals surface area contributed by atoms with Crippen LogP contribution in [0.15, 0.2) is 109 Å². The second-order valence-corrected chi connectivity index (χ2v) is 11.0. The number of nitrogens with zero attached hydrogens (tertiary/aromatic N) is 1. The number of carboxylic acid groups (broad SMARTS) is 1. The highest BCUT2D eigenvalue weighted by Crippen LogP contribution is 2.40. The molecule has 6 aromatic rings. The van der Waals surface area contributed by atoms with E-state index in [0.29, 0.717) is 5.56 Å². The van der Waals surface area contributed by atoms with Gasteiger partial charge in [-0.15, -0.1) is 0 Å². The maximum Gasteiger partial charge on any atom is 0.353 e. The van der Waals surface area contributed by atoms with Crippen LogP contribution in [-0.4, -0.2) is 27.9 Å². The summed E-state index contributed by atoms with van der Waals surface area (Å²) in [6, 6.07) is 36.0. The van der Waals surface area contributed by atoms with Gasteiger partial charge in [-0.05, 0) is 97.6 Å². The van der Waals surface area contributed by atoms with E-state index in [0.717, 1.165) is 55.6 Å². The summed E-state index contributed by atoms with van der Waals surface area (Å²) < 4.78 is 13.6. The molecule has 0 atom stereocenters. The Kier molecular flexibility index (Phi) is 7.17. The summed E-state index contributed by atoms with van der Waals surface area (Å²) in [5, 5.41) is 13.7. The van der Waals surface area contributed by atoms with Crippen LogP contribution in [0.5, 0.6) is 11.5 Å². The average Bonchev–Trinajstić information content (AvgIpc) is 3.32. The smallest absolute Gasteiger partial charge is 0.353 e. The van der Waals surface area contributed by atoms with E-state index in [1.807, 2.05) is 117 Å². The summed E-state index contributed by atoms with van der Waals surface area (Å²) in [6.07, 6.45) is 0.140. The molecule has 0 radical (unpaired) electrons. The molecule has 0 aliphatic carbocycles. The van der Waals surface area contributed by atoms with Crippen molar-refractivity contribution in [3.05, 3.63) is 115 Å². The standard InChI is InChI=1S/C37H33NO4/c1-23(2)41-31-16-10-26(11-17-31)29-14-20-33-34(22-29)38(30-15-9-25-7-5-6-8-28(25)21-30)36(37(39)40)35(33)27-12-18-32(19-13-27)42-24(3)4/h5-24H,1-4H3,(H,39,40). The van der Waals surface area contributed by atoms with Crippen molar-refractivity contribution in [2.45, 2.75) is 39.9 Å². The van der Waals surface area contributed by atoms with Crippen LogP contribution in [-0.2, 0) is 0 Å². The predicted molar refractivity (Wildman–Crippen MR) is 170 cm³/mol. The molecule has 0 bridgehead atoms. The van der Waals surface area contributed by atoms with Crippen LogP contribution in [0, 0.1) is 0 Å². The molecule has 0 fully saturated rings. The average molecular weight is 556 g/mol. The summed E-state index contributed by atoms with van der Waals surface area (Å²) >= 11 is 0. The quantitative estimate of drug-likeness (QED) is 0.203. The molecule has 0 unspecified atom stereocenters. The van der Waals surface area contributed by atoms with Crippen molar-refractivity contribution in [1.29, 1.82) is 0 Å². The van der Waals surface area contributed by atoms with Crippen LogP contribution in [0.25, 0.3) is 49.6 Å². The first-order valence-corrected chi connectivity index (χ1v) is 14.2. The van der Waals surface area contributed by atoms with Gasteiger partial charge in [0.25, 0.3) is 0 Å². The number of carboxylic acids is 1. The molecule has 0 aliphatic rings. The third kappa shape index (κ3) is 5.21. The largest absolute Gasteiger partial charge is 0.491 e. The molecule has 42 heavy (non-hydrogen) atoms. The van der Waals surface area contributed by atoms with Crippen molar-refractivity contribution in [3.63, 3.8) is 0 Å². The first-order valence-electron chi connectivity index (χ1n) is 14.2. The van der Waals surface area contributed by atoms with Crippen molar-refractivity contribution in [1.82, 2.24) is 4.57 Å². The van der Waals surface area contributed by atoms with Crippen molar-refractivity contribution in [2.75, 3.05) is 0 Å². The monoisotopic (exact) mass is 555 g/mol. The number of hydrogen-bond donors (Lipinski definition) is 1. The van der Waals surface area contributed by atoms with Gasteiger partial charge in [-0.2, -0.15) is 0 Å². The molecule has 0 amide bonds. The Balaban J connectivity index is 1.59. The van der Waals surface area contributed by atoms with Crippen LogP contribution < -0.4 is 9.47 Å². The number of benzene rings is 5. The highest BCUT2D eigenvalue weighted by Gasteiger charge is 2.25. The first kappa shape index (κ1) is 27.2. The number of ether oxygens (including phenoxy) is 2. The molecule has 6 rings (SSSR count). The van der Waals surface area contributed by atoms with Gasteiger partial charge < -0.3 is 19.1 Å².